The average Bonchev–Trinajstić information content (AvgIpc) is 3.09. The third kappa shape index (κ3) is 3.50. The van der Waals surface area contributed by atoms with Crippen molar-refractivity contribution in [2.24, 2.45) is 5.92 Å². The number of aliphatic hydroxyl groups excluding tert-OH is 1. The second kappa shape index (κ2) is 7.15. The van der Waals surface area contributed by atoms with E-state index in [4.69, 9.17) is 18.9 Å². The van der Waals surface area contributed by atoms with E-state index in [0.29, 0.717) is 18.8 Å². The number of rotatable bonds is 4. The van der Waals surface area contributed by atoms with E-state index in [1.807, 2.05) is 0 Å². The zero-order chi connectivity index (χ0) is 19.2. The van der Waals surface area contributed by atoms with Crippen LogP contribution in [0.1, 0.15) is 50.3 Å². The molecule has 3 atom stereocenters. The number of ether oxygens (including phenoxy) is 4. The van der Waals surface area contributed by atoms with Crippen LogP contribution in [-0.4, -0.2) is 55.8 Å². The zero-order valence-corrected chi connectivity index (χ0v) is 16.8. The normalized spacial score (nSPS) is 27.9. The molecule has 27 heavy (non-hydrogen) atoms. The number of hydrogen-bond acceptors (Lipinski definition) is 6. The predicted octanol–water partition coefficient (Wildman–Crippen LogP) is 2.91. The lowest BCUT2D eigenvalue weighted by atomic mass is 9.80. The van der Waals surface area contributed by atoms with E-state index in [0.717, 1.165) is 42.9 Å². The van der Waals surface area contributed by atoms with Crippen molar-refractivity contribution in [1.82, 2.24) is 4.90 Å². The molecule has 6 nitrogen and oxygen atoms in total. The molecule has 0 saturated carbocycles. The summed E-state index contributed by atoms with van der Waals surface area (Å²) in [7, 11) is 3.80. The Balaban J connectivity index is 1.62. The Bertz CT molecular complexity index is 704. The fourth-order valence-electron chi connectivity index (χ4n) is 4.85. The van der Waals surface area contributed by atoms with Gasteiger partial charge in [0.2, 0.25) is 12.5 Å². The molecule has 0 spiro atoms. The van der Waals surface area contributed by atoms with E-state index < -0.39 is 0 Å². The molecule has 3 heterocycles. The van der Waals surface area contributed by atoms with E-state index in [1.54, 1.807) is 7.11 Å². The highest BCUT2D eigenvalue weighted by atomic mass is 16.7. The smallest absolute Gasteiger partial charge is 0.231 e. The van der Waals surface area contributed by atoms with E-state index >= 15 is 0 Å². The summed E-state index contributed by atoms with van der Waals surface area (Å²) in [6, 6.07) is 2.18. The third-order valence-electron chi connectivity index (χ3n) is 6.29. The SMILES string of the molecule is COc1c2c(cc3c1[C@H](C[C@H](O)[C@@H]1CCOC(C)(C)C1)N(C)CC3)OCO2. The van der Waals surface area contributed by atoms with Crippen LogP contribution in [0.2, 0.25) is 0 Å². The lowest BCUT2D eigenvalue weighted by Gasteiger charge is -2.41. The Kier molecular flexibility index (Phi) is 4.99. The number of benzene rings is 1. The van der Waals surface area contributed by atoms with Crippen molar-refractivity contribution in [2.45, 2.75) is 57.3 Å². The van der Waals surface area contributed by atoms with Gasteiger partial charge < -0.3 is 24.1 Å². The summed E-state index contributed by atoms with van der Waals surface area (Å²) in [6.45, 7) is 6.12. The van der Waals surface area contributed by atoms with Crippen LogP contribution < -0.4 is 14.2 Å². The monoisotopic (exact) mass is 377 g/mol. The number of likely N-dealkylation sites (N-methyl/N-ethyl adjacent to an activating group) is 1. The van der Waals surface area contributed by atoms with Gasteiger partial charge in [0.25, 0.3) is 0 Å². The van der Waals surface area contributed by atoms with Gasteiger partial charge in [-0.2, -0.15) is 0 Å². The van der Waals surface area contributed by atoms with Gasteiger partial charge in [-0.25, -0.2) is 0 Å². The average molecular weight is 377 g/mol. The van der Waals surface area contributed by atoms with Crippen LogP contribution in [0.25, 0.3) is 0 Å². The van der Waals surface area contributed by atoms with Crippen LogP contribution in [0.3, 0.4) is 0 Å². The zero-order valence-electron chi connectivity index (χ0n) is 16.8. The maximum absolute atomic E-state index is 11.1. The molecule has 3 aliphatic rings. The van der Waals surface area contributed by atoms with Gasteiger partial charge in [0.1, 0.15) is 0 Å². The summed E-state index contributed by atoms with van der Waals surface area (Å²) in [5.74, 6) is 2.47. The molecule has 0 bridgehead atoms. The van der Waals surface area contributed by atoms with Crippen molar-refractivity contribution >= 4 is 0 Å². The number of fused-ring (bicyclic) bond motifs is 2. The molecule has 150 valence electrons. The molecule has 6 heteroatoms. The van der Waals surface area contributed by atoms with Gasteiger partial charge in [-0.3, -0.25) is 4.90 Å². The topological polar surface area (TPSA) is 60.4 Å². The fraction of sp³-hybridized carbons (Fsp3) is 0.714. The van der Waals surface area contributed by atoms with E-state index in [2.05, 4.69) is 31.9 Å². The van der Waals surface area contributed by atoms with Gasteiger partial charge in [-0.1, -0.05) is 0 Å². The van der Waals surface area contributed by atoms with E-state index in [9.17, 15) is 5.11 Å². The van der Waals surface area contributed by atoms with Crippen molar-refractivity contribution in [3.8, 4) is 17.2 Å². The molecule has 0 aromatic heterocycles. The Hall–Kier alpha value is -1.50. The predicted molar refractivity (Wildman–Crippen MR) is 102 cm³/mol. The number of hydrogen-bond donors (Lipinski definition) is 1. The van der Waals surface area contributed by atoms with Gasteiger partial charge in [-0.15, -0.1) is 0 Å². The van der Waals surface area contributed by atoms with E-state index in [1.165, 1.54) is 5.56 Å². The van der Waals surface area contributed by atoms with Crippen molar-refractivity contribution in [2.75, 3.05) is 34.1 Å². The largest absolute Gasteiger partial charge is 0.492 e. The molecule has 1 saturated heterocycles. The summed E-state index contributed by atoms with van der Waals surface area (Å²) >= 11 is 0. The van der Waals surface area contributed by atoms with Crippen LogP contribution in [0, 0.1) is 5.92 Å². The lowest BCUT2D eigenvalue weighted by molar-refractivity contribution is -0.0987. The maximum atomic E-state index is 11.1. The second-order valence-electron chi connectivity index (χ2n) is 8.63. The molecule has 1 aromatic carbocycles. The molecule has 3 aliphatic heterocycles. The maximum Gasteiger partial charge on any atom is 0.231 e. The van der Waals surface area contributed by atoms with Gasteiger partial charge in [0.05, 0.1) is 18.8 Å². The van der Waals surface area contributed by atoms with Gasteiger partial charge >= 0.3 is 0 Å². The van der Waals surface area contributed by atoms with Crippen LogP contribution in [0.4, 0.5) is 0 Å². The van der Waals surface area contributed by atoms with Gasteiger partial charge in [0, 0.05) is 24.8 Å². The highest BCUT2D eigenvalue weighted by Gasteiger charge is 2.38. The lowest BCUT2D eigenvalue weighted by Crippen LogP contribution is -2.41. The summed E-state index contributed by atoms with van der Waals surface area (Å²) in [6.07, 6.45) is 3.04. The molecule has 0 radical (unpaired) electrons. The summed E-state index contributed by atoms with van der Waals surface area (Å²) in [5, 5.41) is 11.1. The standard InChI is InChI=1S/C21H31NO5/c1-21(2)11-14(6-8-27-21)16(23)10-15-18-13(5-7-22(15)3)9-17-19(20(18)24-4)26-12-25-17/h9,14-16,23H,5-8,10-12H2,1-4H3/t14-,15+,16+/m1/s1. The summed E-state index contributed by atoms with van der Waals surface area (Å²) in [5.41, 5.74) is 2.21. The van der Waals surface area contributed by atoms with Crippen molar-refractivity contribution in [3.63, 3.8) is 0 Å². The highest BCUT2D eigenvalue weighted by molar-refractivity contribution is 5.61. The molecule has 1 fully saturated rings. The molecular weight excluding hydrogens is 346 g/mol. The Morgan fingerprint density at radius 1 is 1.37 bits per heavy atom. The summed E-state index contributed by atoms with van der Waals surface area (Å²) < 4.78 is 22.9. The highest BCUT2D eigenvalue weighted by Crippen LogP contribution is 2.50. The molecule has 0 aliphatic carbocycles. The van der Waals surface area contributed by atoms with Gasteiger partial charge in [0.15, 0.2) is 11.5 Å². The molecule has 1 N–H and O–H groups in total. The van der Waals surface area contributed by atoms with Crippen LogP contribution in [0.15, 0.2) is 6.07 Å². The van der Waals surface area contributed by atoms with Crippen LogP contribution in [0.5, 0.6) is 17.2 Å². The first-order valence-electron chi connectivity index (χ1n) is 9.91. The minimum absolute atomic E-state index is 0.0964. The Labute approximate surface area is 161 Å². The molecular formula is C21H31NO5. The molecule has 1 aromatic rings. The first kappa shape index (κ1) is 18.8. The quantitative estimate of drug-likeness (QED) is 0.871. The first-order chi connectivity index (χ1) is 12.9. The fourth-order valence-corrected chi connectivity index (χ4v) is 4.85. The molecule has 0 amide bonds. The molecule has 0 unspecified atom stereocenters. The van der Waals surface area contributed by atoms with Crippen molar-refractivity contribution in [1.29, 1.82) is 0 Å². The number of nitrogens with zero attached hydrogens (tertiary/aromatic N) is 1. The van der Waals surface area contributed by atoms with Crippen molar-refractivity contribution in [3.05, 3.63) is 17.2 Å². The first-order valence-corrected chi connectivity index (χ1v) is 9.91. The Morgan fingerprint density at radius 2 is 2.19 bits per heavy atom. The van der Waals surface area contributed by atoms with Gasteiger partial charge in [-0.05, 0) is 64.1 Å². The summed E-state index contributed by atoms with van der Waals surface area (Å²) in [4.78, 5) is 2.32. The number of aliphatic hydroxyl groups is 1. The molecule has 4 rings (SSSR count). The Morgan fingerprint density at radius 3 is 2.93 bits per heavy atom. The van der Waals surface area contributed by atoms with Crippen molar-refractivity contribution < 1.29 is 24.1 Å². The minimum Gasteiger partial charge on any atom is -0.492 e. The van der Waals surface area contributed by atoms with E-state index in [-0.39, 0.29) is 30.5 Å². The van der Waals surface area contributed by atoms with Crippen LogP contribution >= 0.6 is 0 Å². The third-order valence-corrected chi connectivity index (χ3v) is 6.29. The minimum atomic E-state index is -0.373. The second-order valence-corrected chi connectivity index (χ2v) is 8.63. The number of methoxy groups -OCH3 is 1. The van der Waals surface area contributed by atoms with Crippen LogP contribution in [-0.2, 0) is 11.2 Å².